The van der Waals surface area contributed by atoms with Gasteiger partial charge in [-0.3, -0.25) is 9.78 Å². The first-order chi connectivity index (χ1) is 17.9. The molecule has 1 unspecified atom stereocenters. The van der Waals surface area contributed by atoms with E-state index in [1.807, 2.05) is 30.6 Å². The van der Waals surface area contributed by atoms with Gasteiger partial charge in [-0.1, -0.05) is 60.1 Å². The van der Waals surface area contributed by atoms with Gasteiger partial charge in [0.15, 0.2) is 5.78 Å². The van der Waals surface area contributed by atoms with Crippen LogP contribution >= 0.6 is 0 Å². The Balaban J connectivity index is 1.44. The van der Waals surface area contributed by atoms with E-state index in [4.69, 9.17) is 0 Å². The molecule has 37 heavy (non-hydrogen) atoms. The predicted molar refractivity (Wildman–Crippen MR) is 144 cm³/mol. The topological polar surface area (TPSA) is 70.4 Å². The molecule has 190 valence electrons. The summed E-state index contributed by atoms with van der Waals surface area (Å²) in [6.07, 6.45) is 16.4. The van der Waals surface area contributed by atoms with Crippen LogP contribution in [0.3, 0.4) is 0 Å². The van der Waals surface area contributed by atoms with Crippen molar-refractivity contribution in [1.29, 1.82) is 0 Å². The van der Waals surface area contributed by atoms with Crippen molar-refractivity contribution in [2.75, 3.05) is 6.61 Å². The first-order valence-corrected chi connectivity index (χ1v) is 13.9. The second kappa shape index (κ2) is 8.09. The lowest BCUT2D eigenvalue weighted by Gasteiger charge is -2.59. The van der Waals surface area contributed by atoms with Crippen molar-refractivity contribution in [3.63, 3.8) is 0 Å². The lowest BCUT2D eigenvalue weighted by Crippen LogP contribution is -2.52. The summed E-state index contributed by atoms with van der Waals surface area (Å²) < 4.78 is 0. The third kappa shape index (κ3) is 3.15. The fourth-order valence-corrected chi connectivity index (χ4v) is 9.05. The van der Waals surface area contributed by atoms with E-state index in [0.717, 1.165) is 50.5 Å². The van der Waals surface area contributed by atoms with Crippen LogP contribution in [0.25, 0.3) is 11.1 Å². The molecule has 2 N–H and O–H groups in total. The zero-order valence-corrected chi connectivity index (χ0v) is 21.5. The Morgan fingerprint density at radius 3 is 2.84 bits per heavy atom. The number of pyridine rings is 1. The van der Waals surface area contributed by atoms with Gasteiger partial charge in [-0.25, -0.2) is 0 Å². The van der Waals surface area contributed by atoms with Crippen molar-refractivity contribution in [3.05, 3.63) is 88.8 Å². The third-order valence-corrected chi connectivity index (χ3v) is 10.7. The Kier molecular flexibility index (Phi) is 5.09. The van der Waals surface area contributed by atoms with Crippen molar-refractivity contribution in [3.8, 4) is 11.1 Å². The average molecular weight is 494 g/mol. The van der Waals surface area contributed by atoms with E-state index in [2.05, 4.69) is 36.2 Å². The summed E-state index contributed by atoms with van der Waals surface area (Å²) in [5.74, 6) is 0.868. The molecular weight excluding hydrogens is 458 g/mol. The molecule has 7 rings (SSSR count). The number of rotatable bonds is 3. The van der Waals surface area contributed by atoms with E-state index in [1.165, 1.54) is 22.3 Å². The largest absolute Gasteiger partial charge is 0.392 e. The van der Waals surface area contributed by atoms with Gasteiger partial charge in [0.2, 0.25) is 0 Å². The molecule has 5 aliphatic carbocycles. The third-order valence-electron chi connectivity index (χ3n) is 10.7. The van der Waals surface area contributed by atoms with E-state index < -0.39 is 5.60 Å². The van der Waals surface area contributed by atoms with E-state index in [0.29, 0.717) is 12.3 Å². The van der Waals surface area contributed by atoms with E-state index in [9.17, 15) is 15.0 Å². The molecule has 0 radical (unpaired) electrons. The summed E-state index contributed by atoms with van der Waals surface area (Å²) in [6, 6.07) is 11.0. The molecule has 1 saturated carbocycles. The second-order valence-electron chi connectivity index (χ2n) is 12.3. The molecule has 1 fully saturated rings. The first kappa shape index (κ1) is 23.3. The Morgan fingerprint density at radius 2 is 2.03 bits per heavy atom. The molecule has 0 aliphatic heterocycles. The van der Waals surface area contributed by atoms with Crippen LogP contribution in [0.2, 0.25) is 0 Å². The highest BCUT2D eigenvalue weighted by atomic mass is 16.3. The van der Waals surface area contributed by atoms with Crippen molar-refractivity contribution < 1.29 is 15.0 Å². The molecule has 2 aromatic rings. The maximum atomic E-state index is 12.6. The van der Waals surface area contributed by atoms with Gasteiger partial charge >= 0.3 is 0 Å². The fourth-order valence-electron chi connectivity index (χ4n) is 9.05. The van der Waals surface area contributed by atoms with Gasteiger partial charge < -0.3 is 10.2 Å². The van der Waals surface area contributed by atoms with Crippen molar-refractivity contribution >= 4 is 5.78 Å². The summed E-state index contributed by atoms with van der Waals surface area (Å²) in [7, 11) is 0. The second-order valence-corrected chi connectivity index (χ2v) is 12.3. The molecule has 5 atom stereocenters. The van der Waals surface area contributed by atoms with Crippen LogP contribution in [0.5, 0.6) is 0 Å². The minimum absolute atomic E-state index is 0.0499. The first-order valence-electron chi connectivity index (χ1n) is 13.9. The molecule has 4 heteroatoms. The van der Waals surface area contributed by atoms with Crippen molar-refractivity contribution in [2.45, 2.75) is 69.8 Å². The van der Waals surface area contributed by atoms with Gasteiger partial charge in [-0.2, -0.15) is 0 Å². The normalized spacial score (nSPS) is 36.1. The minimum atomic E-state index is -0.919. The number of carbonyl (C=O) groups is 1. The average Bonchev–Trinajstić information content (AvgIpc) is 3.18. The molecule has 1 aromatic heterocycles. The van der Waals surface area contributed by atoms with Gasteiger partial charge in [0.1, 0.15) is 0 Å². The molecule has 0 amide bonds. The van der Waals surface area contributed by atoms with E-state index in [1.54, 1.807) is 17.2 Å². The van der Waals surface area contributed by atoms with Crippen molar-refractivity contribution in [1.82, 2.24) is 4.98 Å². The van der Waals surface area contributed by atoms with Gasteiger partial charge in [0.05, 0.1) is 12.2 Å². The predicted octanol–water partition coefficient (Wildman–Crippen LogP) is 5.85. The van der Waals surface area contributed by atoms with Crippen LogP contribution in [0.4, 0.5) is 0 Å². The van der Waals surface area contributed by atoms with E-state index >= 15 is 0 Å². The highest BCUT2D eigenvalue weighted by molar-refractivity contribution is 5.92. The summed E-state index contributed by atoms with van der Waals surface area (Å²) in [6.45, 7) is 2.24. The molecule has 5 aliphatic rings. The zero-order valence-electron chi connectivity index (χ0n) is 21.5. The molecule has 1 spiro atoms. The van der Waals surface area contributed by atoms with Crippen LogP contribution in [0, 0.1) is 16.7 Å². The number of fused-ring (bicyclic) bond motifs is 4. The van der Waals surface area contributed by atoms with Crippen LogP contribution in [0.1, 0.15) is 68.9 Å². The number of ketones is 1. The monoisotopic (exact) mass is 493 g/mol. The highest BCUT2D eigenvalue weighted by Crippen LogP contribution is 2.70. The number of allylic oxidation sites excluding steroid dienone is 4. The number of hydrogen-bond acceptors (Lipinski definition) is 4. The number of benzene rings is 1. The maximum Gasteiger partial charge on any atom is 0.155 e. The summed E-state index contributed by atoms with van der Waals surface area (Å²) >= 11 is 0. The number of carbonyl (C=O) groups excluding carboxylic acids is 1. The molecule has 1 aromatic carbocycles. The van der Waals surface area contributed by atoms with Gasteiger partial charge in [0.25, 0.3) is 0 Å². The Morgan fingerprint density at radius 1 is 1.14 bits per heavy atom. The van der Waals surface area contributed by atoms with E-state index in [-0.39, 0.29) is 29.1 Å². The Labute approximate surface area is 218 Å². The highest BCUT2D eigenvalue weighted by Gasteiger charge is 2.63. The zero-order chi connectivity index (χ0) is 25.4. The fraction of sp³-hybridized carbons (Fsp3) is 0.455. The van der Waals surface area contributed by atoms with Gasteiger partial charge in [-0.15, -0.1) is 0 Å². The Hall–Kier alpha value is -2.82. The molecule has 0 bridgehead atoms. The number of aromatic nitrogens is 1. The maximum absolute atomic E-state index is 12.6. The lowest BCUT2D eigenvalue weighted by atomic mass is 9.45. The Bertz CT molecular complexity index is 1390. The summed E-state index contributed by atoms with van der Waals surface area (Å²) in [5.41, 5.74) is 8.33. The number of nitrogens with zero attached hydrogens (tertiary/aromatic N) is 1. The smallest absolute Gasteiger partial charge is 0.155 e. The summed E-state index contributed by atoms with van der Waals surface area (Å²) in [5, 5.41) is 21.5. The quantitative estimate of drug-likeness (QED) is 0.526. The number of aliphatic hydroxyl groups excluding tert-OH is 1. The van der Waals surface area contributed by atoms with Crippen LogP contribution < -0.4 is 0 Å². The lowest BCUT2D eigenvalue weighted by molar-refractivity contribution is -0.115. The molecular formula is C33H35NO3. The number of aliphatic hydroxyl groups is 2. The van der Waals surface area contributed by atoms with Crippen LogP contribution in [-0.2, 0) is 11.2 Å². The van der Waals surface area contributed by atoms with Crippen LogP contribution in [-0.4, -0.2) is 33.2 Å². The molecule has 4 nitrogen and oxygen atoms in total. The van der Waals surface area contributed by atoms with Crippen LogP contribution in [0.15, 0.2) is 77.7 Å². The minimum Gasteiger partial charge on any atom is -0.392 e. The van der Waals surface area contributed by atoms with Crippen molar-refractivity contribution in [2.24, 2.45) is 16.7 Å². The van der Waals surface area contributed by atoms with Gasteiger partial charge in [0, 0.05) is 35.6 Å². The molecule has 1 heterocycles. The summed E-state index contributed by atoms with van der Waals surface area (Å²) in [4.78, 5) is 16.9. The standard InChI is InChI=1S/C33H35NO3/c1-31-19-28-26-7-5-21(22-4-2-14-34-20-22)16-23(26)18-32-12-9-25(36)17-24(32)6-8-27(30(28)32)29(31)10-13-33(31,37)11-3-15-35/h2-5,7,11,14,16-17,20,28-29,35,37H,6,8-10,12-13,15,18-19H2,1H3/b11-3-/t28?,29-,31-,32+,33-/m0/s1. The van der Waals surface area contributed by atoms with Gasteiger partial charge in [-0.05, 0) is 85.3 Å². The molecule has 0 saturated heterocycles. The SMILES string of the molecule is C[C@]12CC3C4=C(CCC5=CC(=O)CC[C@@]54Cc4cc(-c5cccnc5)ccc43)[C@@H]1CC[C@@]2(O)/C=C\CO. The number of hydrogen-bond donors (Lipinski definition) is 2.